The quantitative estimate of drug-likeness (QED) is 0.829. The van der Waals surface area contributed by atoms with Crippen molar-refractivity contribution in [2.45, 2.75) is 24.9 Å². The van der Waals surface area contributed by atoms with Gasteiger partial charge in [0.1, 0.15) is 6.33 Å². The number of hydrogen-bond donors (Lipinski definition) is 0. The Bertz CT molecular complexity index is 701. The smallest absolute Gasteiger partial charge is 0.289 e. The van der Waals surface area contributed by atoms with E-state index in [-0.39, 0.29) is 23.9 Å². The van der Waals surface area contributed by atoms with E-state index < -0.39 is 0 Å². The van der Waals surface area contributed by atoms with Crippen molar-refractivity contribution in [1.29, 1.82) is 0 Å². The van der Waals surface area contributed by atoms with Crippen LogP contribution >= 0.6 is 0 Å². The van der Waals surface area contributed by atoms with Gasteiger partial charge in [-0.1, -0.05) is 0 Å². The summed E-state index contributed by atoms with van der Waals surface area (Å²) in [7, 11) is 0. The molecule has 2 aromatic rings. The molecule has 0 N–H and O–H groups in total. The van der Waals surface area contributed by atoms with E-state index in [0.29, 0.717) is 24.4 Å². The topological polar surface area (TPSA) is 79.5 Å². The van der Waals surface area contributed by atoms with Crippen LogP contribution < -0.4 is 4.90 Å². The van der Waals surface area contributed by atoms with Crippen molar-refractivity contribution < 1.29 is 14.0 Å². The Kier molecular flexibility index (Phi) is 2.92. The summed E-state index contributed by atoms with van der Waals surface area (Å²) in [6.07, 6.45) is 7.25. The number of aromatic nitrogens is 2. The molecule has 0 saturated carbocycles. The van der Waals surface area contributed by atoms with Crippen LogP contribution in [0.25, 0.3) is 0 Å². The molecule has 2 amide bonds. The molecule has 0 bridgehead atoms. The average Bonchev–Trinajstić information content (AvgIpc) is 3.23. The highest BCUT2D eigenvalue weighted by atomic mass is 16.3. The van der Waals surface area contributed by atoms with Crippen molar-refractivity contribution in [2.24, 2.45) is 0 Å². The number of hydrogen-bond acceptors (Lipinski definition) is 5. The number of amides is 2. The molecule has 0 spiro atoms. The lowest BCUT2D eigenvalue weighted by atomic mass is 10.1. The Morgan fingerprint density at radius 1 is 1.27 bits per heavy atom. The zero-order valence-corrected chi connectivity index (χ0v) is 11.8. The highest BCUT2D eigenvalue weighted by Crippen LogP contribution is 2.36. The number of likely N-dealkylation sites (tertiary alicyclic amines) is 1. The maximum Gasteiger partial charge on any atom is 0.289 e. The summed E-state index contributed by atoms with van der Waals surface area (Å²) in [6, 6.07) is 3.20. The van der Waals surface area contributed by atoms with Gasteiger partial charge in [-0.2, -0.15) is 0 Å². The molecule has 7 heteroatoms. The lowest BCUT2D eigenvalue weighted by Gasteiger charge is -2.24. The van der Waals surface area contributed by atoms with Gasteiger partial charge < -0.3 is 14.2 Å². The van der Waals surface area contributed by atoms with Crippen molar-refractivity contribution >= 4 is 17.5 Å². The minimum Gasteiger partial charge on any atom is -0.459 e. The number of carbonyl (C=O) groups excluding carboxylic acids is 2. The van der Waals surface area contributed by atoms with Gasteiger partial charge in [-0.05, 0) is 18.6 Å². The van der Waals surface area contributed by atoms with Crippen LogP contribution in [0.15, 0.2) is 41.5 Å². The van der Waals surface area contributed by atoms with Crippen LogP contribution in [0.2, 0.25) is 0 Å². The van der Waals surface area contributed by atoms with Gasteiger partial charge in [0.05, 0.1) is 36.4 Å². The fourth-order valence-electron chi connectivity index (χ4n) is 3.39. The highest BCUT2D eigenvalue weighted by molar-refractivity contribution is 5.99. The molecule has 0 radical (unpaired) electrons. The third kappa shape index (κ3) is 1.89. The second-order valence-corrected chi connectivity index (χ2v) is 5.46. The molecular formula is C15H14N4O3. The van der Waals surface area contributed by atoms with Crippen LogP contribution in [0.3, 0.4) is 0 Å². The summed E-state index contributed by atoms with van der Waals surface area (Å²) < 4.78 is 5.18. The second kappa shape index (κ2) is 4.94. The van der Waals surface area contributed by atoms with Gasteiger partial charge in [0.25, 0.3) is 5.91 Å². The number of nitrogens with zero attached hydrogens (tertiary/aromatic N) is 4. The zero-order chi connectivity index (χ0) is 15.1. The first kappa shape index (κ1) is 13.0. The Morgan fingerprint density at radius 2 is 2.09 bits per heavy atom. The van der Waals surface area contributed by atoms with E-state index in [4.69, 9.17) is 4.42 Å². The minimum atomic E-state index is -0.156. The van der Waals surface area contributed by atoms with E-state index in [1.54, 1.807) is 34.3 Å². The molecule has 4 rings (SSSR count). The SMILES string of the molecule is O=C(c1ccco1)N1CCC2C1CC(=O)N2c1cncnc1. The van der Waals surface area contributed by atoms with Crippen LogP contribution in [0, 0.1) is 0 Å². The maximum atomic E-state index is 12.5. The lowest BCUT2D eigenvalue weighted by Crippen LogP contribution is -2.40. The van der Waals surface area contributed by atoms with E-state index in [1.165, 1.54) is 12.6 Å². The molecule has 4 heterocycles. The molecular weight excluding hydrogens is 284 g/mol. The van der Waals surface area contributed by atoms with Gasteiger partial charge in [-0.25, -0.2) is 9.97 Å². The lowest BCUT2D eigenvalue weighted by molar-refractivity contribution is -0.117. The first-order chi connectivity index (χ1) is 10.8. The zero-order valence-electron chi connectivity index (χ0n) is 11.8. The fraction of sp³-hybridized carbons (Fsp3) is 0.333. The van der Waals surface area contributed by atoms with Crippen LogP contribution in [-0.2, 0) is 4.79 Å². The van der Waals surface area contributed by atoms with Crippen LogP contribution in [0.4, 0.5) is 5.69 Å². The van der Waals surface area contributed by atoms with E-state index in [0.717, 1.165) is 6.42 Å². The molecule has 22 heavy (non-hydrogen) atoms. The second-order valence-electron chi connectivity index (χ2n) is 5.46. The fourth-order valence-corrected chi connectivity index (χ4v) is 3.39. The molecule has 7 nitrogen and oxygen atoms in total. The van der Waals surface area contributed by atoms with Gasteiger partial charge >= 0.3 is 0 Å². The van der Waals surface area contributed by atoms with Crippen LogP contribution in [0.1, 0.15) is 23.4 Å². The monoisotopic (exact) mass is 298 g/mol. The Labute approximate surface area is 126 Å². The standard InChI is InChI=1S/C15H14N4O3/c20-14-6-12-11(19(14)10-7-16-9-17-8-10)3-4-18(12)15(21)13-2-1-5-22-13/h1-2,5,7-9,11-12H,3-4,6H2. The van der Waals surface area contributed by atoms with E-state index in [9.17, 15) is 9.59 Å². The van der Waals surface area contributed by atoms with Gasteiger partial charge in [-0.3, -0.25) is 9.59 Å². The third-order valence-electron chi connectivity index (χ3n) is 4.31. The molecule has 2 atom stereocenters. The highest BCUT2D eigenvalue weighted by Gasteiger charge is 2.49. The normalized spacial score (nSPS) is 23.9. The third-order valence-corrected chi connectivity index (χ3v) is 4.31. The summed E-state index contributed by atoms with van der Waals surface area (Å²) in [4.78, 5) is 36.2. The van der Waals surface area contributed by atoms with E-state index in [2.05, 4.69) is 9.97 Å². The van der Waals surface area contributed by atoms with Crippen molar-refractivity contribution in [1.82, 2.24) is 14.9 Å². The van der Waals surface area contributed by atoms with Crippen molar-refractivity contribution in [3.05, 3.63) is 42.9 Å². The molecule has 2 unspecified atom stereocenters. The predicted molar refractivity (Wildman–Crippen MR) is 76.1 cm³/mol. The summed E-state index contributed by atoms with van der Waals surface area (Å²) in [5.74, 6) is 0.160. The maximum absolute atomic E-state index is 12.5. The Morgan fingerprint density at radius 3 is 2.82 bits per heavy atom. The predicted octanol–water partition coefficient (Wildman–Crippen LogP) is 1.09. The molecule has 2 aliphatic heterocycles. The molecule has 0 aromatic carbocycles. The summed E-state index contributed by atoms with van der Waals surface area (Å²) in [6.45, 7) is 0.617. The first-order valence-corrected chi connectivity index (χ1v) is 7.17. The number of carbonyl (C=O) groups is 2. The number of rotatable bonds is 2. The summed E-state index contributed by atoms with van der Waals surface area (Å²) >= 11 is 0. The molecule has 112 valence electrons. The average molecular weight is 298 g/mol. The minimum absolute atomic E-state index is 0.00162. The van der Waals surface area contributed by atoms with E-state index in [1.807, 2.05) is 0 Å². The van der Waals surface area contributed by atoms with Gasteiger partial charge in [-0.15, -0.1) is 0 Å². The van der Waals surface area contributed by atoms with Gasteiger partial charge in [0, 0.05) is 13.0 Å². The number of fused-ring (bicyclic) bond motifs is 1. The first-order valence-electron chi connectivity index (χ1n) is 7.17. The molecule has 0 aliphatic carbocycles. The largest absolute Gasteiger partial charge is 0.459 e. The van der Waals surface area contributed by atoms with Gasteiger partial charge in [0.2, 0.25) is 5.91 Å². The molecule has 2 saturated heterocycles. The molecule has 2 aromatic heterocycles. The van der Waals surface area contributed by atoms with Crippen molar-refractivity contribution in [3.63, 3.8) is 0 Å². The number of furan rings is 1. The molecule has 2 aliphatic rings. The van der Waals surface area contributed by atoms with Crippen molar-refractivity contribution in [2.75, 3.05) is 11.4 Å². The van der Waals surface area contributed by atoms with Crippen molar-refractivity contribution in [3.8, 4) is 0 Å². The Balaban J connectivity index is 1.61. The van der Waals surface area contributed by atoms with Crippen LogP contribution in [-0.4, -0.2) is 45.3 Å². The van der Waals surface area contributed by atoms with Gasteiger partial charge in [0.15, 0.2) is 5.76 Å². The summed E-state index contributed by atoms with van der Waals surface area (Å²) in [5.41, 5.74) is 0.687. The van der Waals surface area contributed by atoms with E-state index >= 15 is 0 Å². The molecule has 2 fully saturated rings. The van der Waals surface area contributed by atoms with Crippen LogP contribution in [0.5, 0.6) is 0 Å². The Hall–Kier alpha value is -2.70. The summed E-state index contributed by atoms with van der Waals surface area (Å²) in [5, 5.41) is 0. The number of anilines is 1.